The maximum absolute atomic E-state index is 13.0. The molecule has 0 aliphatic rings. The van der Waals surface area contributed by atoms with Crippen molar-refractivity contribution in [2.24, 2.45) is 0 Å². The lowest BCUT2D eigenvalue weighted by molar-refractivity contribution is 0.0526. The fraction of sp³-hybridized carbons (Fsp3) is 0.125. The van der Waals surface area contributed by atoms with Crippen molar-refractivity contribution in [3.05, 3.63) is 90.1 Å². The minimum atomic E-state index is -3.71. The first kappa shape index (κ1) is 20.7. The third kappa shape index (κ3) is 4.18. The van der Waals surface area contributed by atoms with Gasteiger partial charge in [0.2, 0.25) is 0 Å². The number of nitrogens with zero attached hydrogens (tertiary/aromatic N) is 1. The number of rotatable bonds is 6. The van der Waals surface area contributed by atoms with Crippen molar-refractivity contribution in [3.8, 4) is 11.5 Å². The molecule has 0 saturated carbocycles. The molecule has 0 amide bonds. The summed E-state index contributed by atoms with van der Waals surface area (Å²) in [5, 5.41) is 0.717. The van der Waals surface area contributed by atoms with Crippen LogP contribution in [0.2, 0.25) is 0 Å². The molecule has 7 heteroatoms. The topological polar surface area (TPSA) is 74.6 Å². The predicted molar refractivity (Wildman–Crippen MR) is 118 cm³/mol. The molecule has 0 spiro atoms. The first-order chi connectivity index (χ1) is 14.9. The Morgan fingerprint density at radius 1 is 0.935 bits per heavy atom. The van der Waals surface area contributed by atoms with Crippen LogP contribution in [0, 0.1) is 6.92 Å². The van der Waals surface area contributed by atoms with E-state index in [0.717, 1.165) is 10.9 Å². The minimum Gasteiger partial charge on any atom is -0.462 e. The maximum atomic E-state index is 13.0. The van der Waals surface area contributed by atoms with Crippen LogP contribution in [0.3, 0.4) is 0 Å². The molecule has 0 aliphatic heterocycles. The Kier molecular flexibility index (Phi) is 5.52. The molecule has 0 unspecified atom stereocenters. The molecule has 158 valence electrons. The number of carbonyl (C=O) groups is 1. The minimum absolute atomic E-state index is 0.228. The van der Waals surface area contributed by atoms with Gasteiger partial charge in [-0.25, -0.2) is 17.2 Å². The van der Waals surface area contributed by atoms with E-state index in [4.69, 9.17) is 9.47 Å². The third-order valence-corrected chi connectivity index (χ3v) is 6.49. The normalized spacial score (nSPS) is 11.4. The van der Waals surface area contributed by atoms with Crippen molar-refractivity contribution >= 4 is 26.9 Å². The van der Waals surface area contributed by atoms with Crippen LogP contribution in [0.1, 0.15) is 22.8 Å². The number of fused-ring (bicyclic) bond motifs is 1. The van der Waals surface area contributed by atoms with E-state index in [1.165, 1.54) is 10.2 Å². The van der Waals surface area contributed by atoms with E-state index in [1.807, 2.05) is 6.92 Å². The number of hydrogen-bond acceptors (Lipinski definition) is 5. The SMILES string of the molecule is CCOC(=O)c1cccc(Oc2ccc3c(ccn3S(=O)(=O)c3ccc(C)cc3)c2)c1. The molecule has 0 bridgehead atoms. The summed E-state index contributed by atoms with van der Waals surface area (Å²) < 4.78 is 38.2. The van der Waals surface area contributed by atoms with Crippen molar-refractivity contribution in [1.29, 1.82) is 0 Å². The van der Waals surface area contributed by atoms with E-state index in [-0.39, 0.29) is 4.90 Å². The summed E-state index contributed by atoms with van der Waals surface area (Å²) in [4.78, 5) is 12.1. The molecule has 0 aliphatic carbocycles. The number of hydrogen-bond donors (Lipinski definition) is 0. The quantitative estimate of drug-likeness (QED) is 0.391. The summed E-state index contributed by atoms with van der Waals surface area (Å²) in [5.74, 6) is 0.595. The van der Waals surface area contributed by atoms with Gasteiger partial charge >= 0.3 is 5.97 Å². The highest BCUT2D eigenvalue weighted by Crippen LogP contribution is 2.29. The summed E-state index contributed by atoms with van der Waals surface area (Å²) in [6.07, 6.45) is 1.53. The highest BCUT2D eigenvalue weighted by atomic mass is 32.2. The number of aryl methyl sites for hydroxylation is 1. The molecule has 4 rings (SSSR count). The molecule has 0 saturated heterocycles. The lowest BCUT2D eigenvalue weighted by atomic mass is 10.2. The predicted octanol–water partition coefficient (Wildman–Crippen LogP) is 5.16. The summed E-state index contributed by atoms with van der Waals surface area (Å²) >= 11 is 0. The van der Waals surface area contributed by atoms with E-state index in [0.29, 0.717) is 29.2 Å². The van der Waals surface area contributed by atoms with E-state index < -0.39 is 16.0 Å². The average molecular weight is 436 g/mol. The fourth-order valence-corrected chi connectivity index (χ4v) is 4.58. The van der Waals surface area contributed by atoms with Crippen molar-refractivity contribution < 1.29 is 22.7 Å². The first-order valence-electron chi connectivity index (χ1n) is 9.77. The van der Waals surface area contributed by atoms with Crippen LogP contribution >= 0.6 is 0 Å². The van der Waals surface area contributed by atoms with Crippen LogP contribution in [-0.2, 0) is 14.8 Å². The van der Waals surface area contributed by atoms with E-state index in [1.54, 1.807) is 79.7 Å². The van der Waals surface area contributed by atoms with Gasteiger partial charge in [0.1, 0.15) is 11.5 Å². The third-order valence-electron chi connectivity index (χ3n) is 4.78. The molecule has 0 radical (unpaired) electrons. The van der Waals surface area contributed by atoms with Gasteiger partial charge in [-0.15, -0.1) is 0 Å². The fourth-order valence-electron chi connectivity index (χ4n) is 3.23. The first-order valence-corrected chi connectivity index (χ1v) is 11.2. The average Bonchev–Trinajstić information content (AvgIpc) is 3.18. The van der Waals surface area contributed by atoms with Gasteiger partial charge in [-0.2, -0.15) is 0 Å². The van der Waals surface area contributed by atoms with Crippen molar-refractivity contribution in [1.82, 2.24) is 3.97 Å². The Labute approximate surface area is 180 Å². The smallest absolute Gasteiger partial charge is 0.338 e. The van der Waals surface area contributed by atoms with Gasteiger partial charge in [0.15, 0.2) is 0 Å². The second kappa shape index (κ2) is 8.28. The Hall–Kier alpha value is -3.58. The lowest BCUT2D eigenvalue weighted by Gasteiger charge is -2.10. The standard InChI is InChI=1S/C24H21NO5S/c1-3-29-24(26)19-5-4-6-20(16-19)30-21-9-12-23-18(15-21)13-14-25(23)31(27,28)22-10-7-17(2)8-11-22/h4-16H,3H2,1-2H3. The van der Waals surface area contributed by atoms with Gasteiger partial charge in [0, 0.05) is 11.6 Å². The van der Waals surface area contributed by atoms with Crippen molar-refractivity contribution in [2.75, 3.05) is 6.61 Å². The van der Waals surface area contributed by atoms with Crippen LogP contribution in [-0.4, -0.2) is 25.0 Å². The van der Waals surface area contributed by atoms with Gasteiger partial charge < -0.3 is 9.47 Å². The Balaban J connectivity index is 1.63. The molecule has 1 aromatic heterocycles. The van der Waals surface area contributed by atoms with Crippen LogP contribution < -0.4 is 4.74 Å². The van der Waals surface area contributed by atoms with Crippen LogP contribution in [0.25, 0.3) is 10.9 Å². The Bertz CT molecular complexity index is 1350. The van der Waals surface area contributed by atoms with Crippen LogP contribution in [0.4, 0.5) is 0 Å². The van der Waals surface area contributed by atoms with Gasteiger partial charge in [-0.1, -0.05) is 23.8 Å². The number of carbonyl (C=O) groups excluding carboxylic acids is 1. The zero-order chi connectivity index (χ0) is 22.0. The summed E-state index contributed by atoms with van der Waals surface area (Å²) in [5.41, 5.74) is 1.94. The maximum Gasteiger partial charge on any atom is 0.338 e. The number of esters is 1. The Morgan fingerprint density at radius 2 is 1.68 bits per heavy atom. The highest BCUT2D eigenvalue weighted by molar-refractivity contribution is 7.90. The largest absolute Gasteiger partial charge is 0.462 e. The number of benzene rings is 3. The lowest BCUT2D eigenvalue weighted by Crippen LogP contribution is -2.11. The van der Waals surface area contributed by atoms with E-state index in [2.05, 4.69) is 0 Å². The molecule has 3 aromatic carbocycles. The molecule has 6 nitrogen and oxygen atoms in total. The molecular formula is C24H21NO5S. The van der Waals surface area contributed by atoms with Crippen molar-refractivity contribution in [3.63, 3.8) is 0 Å². The molecule has 0 N–H and O–H groups in total. The van der Waals surface area contributed by atoms with Gasteiger partial charge in [-0.05, 0) is 68.4 Å². The van der Waals surface area contributed by atoms with E-state index in [9.17, 15) is 13.2 Å². The molecule has 0 fully saturated rings. The second-order valence-corrected chi connectivity index (χ2v) is 8.82. The van der Waals surface area contributed by atoms with E-state index >= 15 is 0 Å². The summed E-state index contributed by atoms with van der Waals surface area (Å²) in [6, 6.07) is 20.3. The van der Waals surface area contributed by atoms with Crippen LogP contribution in [0.15, 0.2) is 83.9 Å². The van der Waals surface area contributed by atoms with Crippen LogP contribution in [0.5, 0.6) is 11.5 Å². The molecule has 31 heavy (non-hydrogen) atoms. The van der Waals surface area contributed by atoms with Gasteiger partial charge in [0.05, 0.1) is 22.6 Å². The second-order valence-electron chi connectivity index (χ2n) is 7.00. The molecule has 0 atom stereocenters. The molecular weight excluding hydrogens is 414 g/mol. The van der Waals surface area contributed by atoms with Gasteiger partial charge in [-0.3, -0.25) is 0 Å². The summed E-state index contributed by atoms with van der Waals surface area (Å²) in [6.45, 7) is 3.95. The highest BCUT2D eigenvalue weighted by Gasteiger charge is 2.19. The zero-order valence-corrected chi connectivity index (χ0v) is 17.9. The number of ether oxygens (including phenoxy) is 2. The zero-order valence-electron chi connectivity index (χ0n) is 17.1. The Morgan fingerprint density at radius 3 is 2.42 bits per heavy atom. The van der Waals surface area contributed by atoms with Gasteiger partial charge in [0.25, 0.3) is 10.0 Å². The monoisotopic (exact) mass is 435 g/mol. The van der Waals surface area contributed by atoms with Crippen molar-refractivity contribution in [2.45, 2.75) is 18.7 Å². The molecule has 1 heterocycles. The number of aromatic nitrogens is 1. The summed E-state index contributed by atoms with van der Waals surface area (Å²) in [7, 11) is -3.71. The molecule has 4 aromatic rings.